The average molecular weight is 133 g/mol. The predicted octanol–water partition coefficient (Wildman–Crippen LogP) is 2.28. The van der Waals surface area contributed by atoms with Gasteiger partial charge in [0, 0.05) is 11.4 Å². The normalized spacial score (nSPS) is 15.3. The molecule has 52 valence electrons. The number of nitrogens with one attached hydrogen (secondary N) is 1. The minimum atomic E-state index is 1.18. The summed E-state index contributed by atoms with van der Waals surface area (Å²) in [6.45, 7) is 2.10. The van der Waals surface area contributed by atoms with Crippen LogP contribution in [0.3, 0.4) is 0 Å². The van der Waals surface area contributed by atoms with Crippen molar-refractivity contribution in [2.45, 2.75) is 19.8 Å². The van der Waals surface area contributed by atoms with E-state index in [1.165, 1.54) is 29.8 Å². The lowest BCUT2D eigenvalue weighted by molar-refractivity contribution is 0.938. The molecule has 0 radical (unpaired) electrons. The number of allylic oxidation sites excluding steroid dienone is 1. The maximum absolute atomic E-state index is 3.35. The van der Waals surface area contributed by atoms with Gasteiger partial charge < -0.3 is 4.98 Å². The summed E-state index contributed by atoms with van der Waals surface area (Å²) in [6, 6.07) is 2.20. The van der Waals surface area contributed by atoms with Crippen molar-refractivity contribution in [3.05, 3.63) is 29.1 Å². The fourth-order valence-corrected chi connectivity index (χ4v) is 1.46. The lowest BCUT2D eigenvalue weighted by Crippen LogP contribution is -1.90. The van der Waals surface area contributed by atoms with Crippen molar-refractivity contribution in [2.75, 3.05) is 0 Å². The van der Waals surface area contributed by atoms with Crippen LogP contribution in [-0.4, -0.2) is 4.98 Å². The monoisotopic (exact) mass is 133 g/mol. The highest BCUT2D eigenvalue weighted by Crippen LogP contribution is 2.18. The standard InChI is InChI=1S/C9H11N/c1-7-6-8-4-2-3-5-9(8)10-7/h2,4,6,10H,3,5H2,1H3. The number of aryl methyl sites for hydroxylation is 2. The summed E-state index contributed by atoms with van der Waals surface area (Å²) in [5.41, 5.74) is 4.06. The molecule has 1 aromatic rings. The van der Waals surface area contributed by atoms with E-state index in [2.05, 4.69) is 30.1 Å². The second kappa shape index (κ2) is 2.01. The highest BCUT2D eigenvalue weighted by molar-refractivity contribution is 5.55. The molecule has 1 nitrogen and oxygen atoms in total. The predicted molar refractivity (Wildman–Crippen MR) is 42.9 cm³/mol. The third-order valence-corrected chi connectivity index (χ3v) is 1.93. The quantitative estimate of drug-likeness (QED) is 0.559. The third kappa shape index (κ3) is 0.783. The van der Waals surface area contributed by atoms with E-state index in [9.17, 15) is 0 Å². The SMILES string of the molecule is Cc1cc2c([nH]1)CCC=C2. The Hall–Kier alpha value is -0.980. The molecule has 0 unspecified atom stereocenters. The molecule has 10 heavy (non-hydrogen) atoms. The molecule has 0 bridgehead atoms. The largest absolute Gasteiger partial charge is 0.362 e. The summed E-state index contributed by atoms with van der Waals surface area (Å²) in [7, 11) is 0. The van der Waals surface area contributed by atoms with Gasteiger partial charge in [-0.05, 0) is 31.4 Å². The van der Waals surface area contributed by atoms with Gasteiger partial charge in [-0.3, -0.25) is 0 Å². The first-order chi connectivity index (χ1) is 4.86. The number of fused-ring (bicyclic) bond motifs is 1. The van der Waals surface area contributed by atoms with E-state index in [4.69, 9.17) is 0 Å². The van der Waals surface area contributed by atoms with Crippen molar-refractivity contribution in [3.8, 4) is 0 Å². The molecule has 0 aliphatic heterocycles. The Bertz CT molecular complexity index is 268. The van der Waals surface area contributed by atoms with E-state index < -0.39 is 0 Å². The molecular weight excluding hydrogens is 122 g/mol. The van der Waals surface area contributed by atoms with Crippen LogP contribution in [0.1, 0.15) is 23.4 Å². The van der Waals surface area contributed by atoms with Crippen molar-refractivity contribution in [1.82, 2.24) is 4.98 Å². The minimum Gasteiger partial charge on any atom is -0.362 e. The minimum absolute atomic E-state index is 1.18. The van der Waals surface area contributed by atoms with Gasteiger partial charge in [0.15, 0.2) is 0 Å². The van der Waals surface area contributed by atoms with Crippen LogP contribution < -0.4 is 0 Å². The molecule has 1 aliphatic rings. The third-order valence-electron chi connectivity index (χ3n) is 1.93. The van der Waals surface area contributed by atoms with Crippen molar-refractivity contribution >= 4 is 6.08 Å². The van der Waals surface area contributed by atoms with Gasteiger partial charge in [-0.25, -0.2) is 0 Å². The highest BCUT2D eigenvalue weighted by atomic mass is 14.7. The summed E-state index contributed by atoms with van der Waals surface area (Å²) >= 11 is 0. The van der Waals surface area contributed by atoms with Crippen LogP contribution in [0.25, 0.3) is 6.08 Å². The summed E-state index contributed by atoms with van der Waals surface area (Å²) in [5.74, 6) is 0. The molecule has 2 rings (SSSR count). The van der Waals surface area contributed by atoms with Crippen LogP contribution in [0, 0.1) is 6.92 Å². The molecular formula is C9H11N. The summed E-state index contributed by atoms with van der Waals surface area (Å²) in [4.78, 5) is 3.35. The Labute approximate surface area is 60.8 Å². The number of H-pyrrole nitrogens is 1. The number of aromatic nitrogens is 1. The lowest BCUT2D eigenvalue weighted by Gasteiger charge is -2.02. The molecule has 1 aromatic heterocycles. The van der Waals surface area contributed by atoms with Gasteiger partial charge in [0.05, 0.1) is 0 Å². The zero-order chi connectivity index (χ0) is 6.97. The highest BCUT2D eigenvalue weighted by Gasteiger charge is 2.05. The van der Waals surface area contributed by atoms with E-state index in [0.717, 1.165) is 0 Å². The van der Waals surface area contributed by atoms with Crippen molar-refractivity contribution in [2.24, 2.45) is 0 Å². The van der Waals surface area contributed by atoms with E-state index in [-0.39, 0.29) is 0 Å². The lowest BCUT2D eigenvalue weighted by atomic mass is 10.1. The Morgan fingerprint density at radius 1 is 1.50 bits per heavy atom. The van der Waals surface area contributed by atoms with Crippen LogP contribution in [0.15, 0.2) is 12.1 Å². The molecule has 0 amide bonds. The molecule has 0 atom stereocenters. The van der Waals surface area contributed by atoms with Gasteiger partial charge in [-0.1, -0.05) is 12.2 Å². The second-order valence-electron chi connectivity index (χ2n) is 2.83. The summed E-state index contributed by atoms with van der Waals surface area (Å²) in [5, 5.41) is 0. The topological polar surface area (TPSA) is 15.8 Å². The molecule has 0 saturated carbocycles. The van der Waals surface area contributed by atoms with Gasteiger partial charge in [-0.2, -0.15) is 0 Å². The summed E-state index contributed by atoms with van der Waals surface area (Å²) < 4.78 is 0. The molecule has 1 heteroatoms. The van der Waals surface area contributed by atoms with Crippen molar-refractivity contribution in [3.63, 3.8) is 0 Å². The van der Waals surface area contributed by atoms with Crippen LogP contribution >= 0.6 is 0 Å². The van der Waals surface area contributed by atoms with E-state index in [1.807, 2.05) is 0 Å². The fraction of sp³-hybridized carbons (Fsp3) is 0.333. The average Bonchev–Trinajstić information content (AvgIpc) is 2.27. The molecule has 1 aliphatic carbocycles. The molecule has 0 saturated heterocycles. The zero-order valence-electron chi connectivity index (χ0n) is 6.15. The van der Waals surface area contributed by atoms with Crippen LogP contribution in [-0.2, 0) is 6.42 Å². The van der Waals surface area contributed by atoms with Gasteiger partial charge in [-0.15, -0.1) is 0 Å². The number of rotatable bonds is 0. The van der Waals surface area contributed by atoms with Gasteiger partial charge in [0.25, 0.3) is 0 Å². The van der Waals surface area contributed by atoms with Crippen LogP contribution in [0.2, 0.25) is 0 Å². The van der Waals surface area contributed by atoms with Crippen LogP contribution in [0.5, 0.6) is 0 Å². The first kappa shape index (κ1) is 5.78. The van der Waals surface area contributed by atoms with E-state index >= 15 is 0 Å². The number of hydrogen-bond acceptors (Lipinski definition) is 0. The summed E-state index contributed by atoms with van der Waals surface area (Å²) in [6.07, 6.45) is 6.80. The molecule has 1 heterocycles. The number of aromatic amines is 1. The molecule has 0 fully saturated rings. The second-order valence-corrected chi connectivity index (χ2v) is 2.83. The van der Waals surface area contributed by atoms with Gasteiger partial charge in [0.2, 0.25) is 0 Å². The molecule has 1 N–H and O–H groups in total. The first-order valence-electron chi connectivity index (χ1n) is 3.71. The van der Waals surface area contributed by atoms with E-state index in [0.29, 0.717) is 0 Å². The van der Waals surface area contributed by atoms with Gasteiger partial charge in [0.1, 0.15) is 0 Å². The Morgan fingerprint density at radius 2 is 2.40 bits per heavy atom. The maximum Gasteiger partial charge on any atom is 0.0225 e. The van der Waals surface area contributed by atoms with Gasteiger partial charge >= 0.3 is 0 Å². The molecule has 0 spiro atoms. The smallest absolute Gasteiger partial charge is 0.0225 e. The Balaban J connectivity index is 2.53. The maximum atomic E-state index is 3.35. The first-order valence-corrected chi connectivity index (χ1v) is 3.71. The Morgan fingerprint density at radius 3 is 3.20 bits per heavy atom. The Kier molecular flexibility index (Phi) is 1.16. The zero-order valence-corrected chi connectivity index (χ0v) is 6.15. The van der Waals surface area contributed by atoms with Crippen molar-refractivity contribution in [1.29, 1.82) is 0 Å². The number of hydrogen-bond donors (Lipinski definition) is 1. The van der Waals surface area contributed by atoms with Crippen LogP contribution in [0.4, 0.5) is 0 Å². The fourth-order valence-electron chi connectivity index (χ4n) is 1.46. The van der Waals surface area contributed by atoms with Crippen molar-refractivity contribution < 1.29 is 0 Å². The molecule has 0 aromatic carbocycles. The van der Waals surface area contributed by atoms with E-state index in [1.54, 1.807) is 0 Å².